The van der Waals surface area contributed by atoms with Crippen molar-refractivity contribution < 1.29 is 23.7 Å². The molecule has 2 aromatic carbocycles. The zero-order valence-electron chi connectivity index (χ0n) is 19.5. The van der Waals surface area contributed by atoms with Crippen molar-refractivity contribution in [1.82, 2.24) is 9.47 Å². The number of hydrogen-bond acceptors (Lipinski definition) is 6. The lowest BCUT2D eigenvalue weighted by Gasteiger charge is -2.31. The van der Waals surface area contributed by atoms with Crippen LogP contribution in [0.5, 0.6) is 17.2 Å². The number of aryl methyl sites for hydroxylation is 1. The molecule has 0 spiro atoms. The summed E-state index contributed by atoms with van der Waals surface area (Å²) in [7, 11) is 1.66. The highest BCUT2D eigenvalue weighted by Crippen LogP contribution is 2.42. The van der Waals surface area contributed by atoms with Crippen LogP contribution in [0.2, 0.25) is 0 Å². The first kappa shape index (κ1) is 21.3. The molecule has 3 aromatic rings. The highest BCUT2D eigenvalue weighted by Gasteiger charge is 2.34. The smallest absolute Gasteiger partial charge is 0.231 e. The normalized spacial score (nSPS) is 20.9. The van der Waals surface area contributed by atoms with Gasteiger partial charge in [0, 0.05) is 48.9 Å². The van der Waals surface area contributed by atoms with Crippen LogP contribution >= 0.6 is 0 Å². The van der Waals surface area contributed by atoms with Gasteiger partial charge in [-0.15, -0.1) is 0 Å². The molecule has 0 radical (unpaired) electrons. The van der Waals surface area contributed by atoms with Crippen LogP contribution in [0.15, 0.2) is 42.3 Å². The molecule has 0 aliphatic carbocycles. The predicted molar refractivity (Wildman–Crippen MR) is 128 cm³/mol. The van der Waals surface area contributed by atoms with Crippen LogP contribution in [0.1, 0.15) is 41.3 Å². The van der Waals surface area contributed by atoms with E-state index >= 15 is 0 Å². The van der Waals surface area contributed by atoms with E-state index in [-0.39, 0.29) is 11.9 Å². The molecule has 7 heteroatoms. The minimum absolute atomic E-state index is 0.102. The minimum atomic E-state index is -0.102. The van der Waals surface area contributed by atoms with E-state index in [9.17, 15) is 4.79 Å². The molecule has 1 aromatic heterocycles. The van der Waals surface area contributed by atoms with Gasteiger partial charge in [0.2, 0.25) is 5.78 Å². The van der Waals surface area contributed by atoms with Crippen LogP contribution in [0.4, 0.5) is 0 Å². The van der Waals surface area contributed by atoms with Crippen LogP contribution < -0.4 is 14.2 Å². The van der Waals surface area contributed by atoms with Crippen LogP contribution in [-0.2, 0) is 17.8 Å². The SMILES string of the molecule is CCn1cc(/C=C2\Oc3c(ccc4c3CN(CC3CCCO3)CO4)C2=O)c2cc(OC)ccc21. The average molecular weight is 461 g/mol. The van der Waals surface area contributed by atoms with Crippen molar-refractivity contribution in [3.63, 3.8) is 0 Å². The third-order valence-corrected chi connectivity index (χ3v) is 6.91. The summed E-state index contributed by atoms with van der Waals surface area (Å²) in [5.41, 5.74) is 3.53. The van der Waals surface area contributed by atoms with Gasteiger partial charge < -0.3 is 23.5 Å². The number of hydrogen-bond donors (Lipinski definition) is 0. The maximum absolute atomic E-state index is 13.3. The number of ether oxygens (including phenoxy) is 4. The number of ketones is 1. The molecule has 1 fully saturated rings. The van der Waals surface area contributed by atoms with Crippen LogP contribution in [0.25, 0.3) is 17.0 Å². The lowest BCUT2D eigenvalue weighted by Crippen LogP contribution is -2.37. The van der Waals surface area contributed by atoms with Gasteiger partial charge in [0.1, 0.15) is 24.0 Å². The summed E-state index contributed by atoms with van der Waals surface area (Å²) in [5, 5.41) is 1.02. The number of rotatable bonds is 5. The largest absolute Gasteiger partial charge is 0.497 e. The van der Waals surface area contributed by atoms with Gasteiger partial charge in [-0.3, -0.25) is 9.69 Å². The summed E-state index contributed by atoms with van der Waals surface area (Å²) in [6.45, 7) is 5.76. The number of allylic oxidation sites excluding steroid dienone is 1. The fourth-order valence-corrected chi connectivity index (χ4v) is 5.15. The average Bonchev–Trinajstić information content (AvgIpc) is 3.58. The quantitative estimate of drug-likeness (QED) is 0.518. The van der Waals surface area contributed by atoms with E-state index in [4.69, 9.17) is 18.9 Å². The van der Waals surface area contributed by atoms with Crippen molar-refractivity contribution >= 4 is 22.8 Å². The van der Waals surface area contributed by atoms with Gasteiger partial charge >= 0.3 is 0 Å². The van der Waals surface area contributed by atoms with E-state index in [0.717, 1.165) is 66.1 Å². The van der Waals surface area contributed by atoms with E-state index in [0.29, 0.717) is 30.3 Å². The molecular weight excluding hydrogens is 432 g/mol. The van der Waals surface area contributed by atoms with E-state index in [1.165, 1.54) is 0 Å². The number of methoxy groups -OCH3 is 1. The van der Waals surface area contributed by atoms with E-state index in [1.54, 1.807) is 7.11 Å². The van der Waals surface area contributed by atoms with Crippen molar-refractivity contribution in [2.24, 2.45) is 0 Å². The Kier molecular flexibility index (Phi) is 5.31. The molecule has 3 aliphatic rings. The van der Waals surface area contributed by atoms with Gasteiger partial charge in [-0.05, 0) is 56.2 Å². The molecule has 0 amide bonds. The number of fused-ring (bicyclic) bond motifs is 4. The number of aromatic nitrogens is 1. The second kappa shape index (κ2) is 8.49. The van der Waals surface area contributed by atoms with Crippen molar-refractivity contribution in [2.45, 2.75) is 39.0 Å². The molecule has 1 saturated heterocycles. The van der Waals surface area contributed by atoms with E-state index < -0.39 is 0 Å². The Labute approximate surface area is 198 Å². The fraction of sp³-hybridized carbons (Fsp3) is 0.370. The Hall–Kier alpha value is -3.29. The molecule has 1 unspecified atom stereocenters. The molecule has 7 nitrogen and oxygen atoms in total. The number of Topliss-reactive ketones (excluding diaryl/α,β-unsaturated/α-hetero) is 1. The summed E-state index contributed by atoms with van der Waals surface area (Å²) in [5.74, 6) is 2.40. The zero-order valence-corrected chi connectivity index (χ0v) is 19.5. The number of nitrogens with zero attached hydrogens (tertiary/aromatic N) is 2. The van der Waals surface area contributed by atoms with Crippen molar-refractivity contribution in [1.29, 1.82) is 0 Å². The lowest BCUT2D eigenvalue weighted by molar-refractivity contribution is 0.0274. The summed E-state index contributed by atoms with van der Waals surface area (Å²) >= 11 is 0. The number of benzene rings is 2. The predicted octanol–water partition coefficient (Wildman–Crippen LogP) is 4.62. The zero-order chi connectivity index (χ0) is 23.2. The van der Waals surface area contributed by atoms with Gasteiger partial charge in [0.05, 0.1) is 24.3 Å². The number of carbonyl (C=O) groups excluding carboxylic acids is 1. The topological polar surface area (TPSA) is 62.2 Å². The molecule has 0 N–H and O–H groups in total. The molecule has 3 aliphatic heterocycles. The van der Waals surface area contributed by atoms with Crippen LogP contribution in [0.3, 0.4) is 0 Å². The molecule has 1 atom stereocenters. The molecule has 0 bridgehead atoms. The van der Waals surface area contributed by atoms with Crippen LogP contribution in [0, 0.1) is 0 Å². The van der Waals surface area contributed by atoms with Crippen LogP contribution in [-0.4, -0.2) is 48.3 Å². The fourth-order valence-electron chi connectivity index (χ4n) is 5.15. The third-order valence-electron chi connectivity index (χ3n) is 6.91. The Balaban J connectivity index is 1.33. The highest BCUT2D eigenvalue weighted by molar-refractivity contribution is 6.15. The van der Waals surface area contributed by atoms with E-state index in [2.05, 4.69) is 22.6 Å². The Bertz CT molecular complexity index is 1300. The first-order valence-electron chi connectivity index (χ1n) is 11.9. The standard InChI is InChI=1S/C27H28N2O5/c1-3-29-13-17(21-12-18(31-2)6-8-23(21)29)11-25-26(30)20-7-9-24-22(27(20)34-25)15-28(16-33-24)14-19-5-4-10-32-19/h6-9,11-13,19H,3-5,10,14-16H2,1-2H3/b25-11-. The lowest BCUT2D eigenvalue weighted by atomic mass is 10.0. The monoisotopic (exact) mass is 460 g/mol. The van der Waals surface area contributed by atoms with E-state index in [1.807, 2.05) is 36.4 Å². The Morgan fingerprint density at radius 1 is 1.24 bits per heavy atom. The van der Waals surface area contributed by atoms with Crippen molar-refractivity contribution in [2.75, 3.05) is 27.0 Å². The molecule has 0 saturated carbocycles. The molecule has 6 rings (SSSR count). The van der Waals surface area contributed by atoms with Gasteiger partial charge in [-0.25, -0.2) is 0 Å². The van der Waals surface area contributed by atoms with Crippen molar-refractivity contribution in [3.05, 3.63) is 59.0 Å². The second-order valence-corrected chi connectivity index (χ2v) is 9.03. The van der Waals surface area contributed by atoms with Crippen molar-refractivity contribution in [3.8, 4) is 17.2 Å². The molecule has 34 heavy (non-hydrogen) atoms. The van der Waals surface area contributed by atoms with Gasteiger partial charge in [-0.2, -0.15) is 0 Å². The highest BCUT2D eigenvalue weighted by atomic mass is 16.5. The summed E-state index contributed by atoms with van der Waals surface area (Å²) in [6.07, 6.45) is 6.33. The Morgan fingerprint density at radius 3 is 2.94 bits per heavy atom. The Morgan fingerprint density at radius 2 is 2.15 bits per heavy atom. The van der Waals surface area contributed by atoms with Gasteiger partial charge in [0.25, 0.3) is 0 Å². The number of carbonyl (C=O) groups is 1. The van der Waals surface area contributed by atoms with Gasteiger partial charge in [-0.1, -0.05) is 0 Å². The first-order valence-corrected chi connectivity index (χ1v) is 11.9. The maximum Gasteiger partial charge on any atom is 0.231 e. The van der Waals surface area contributed by atoms with Gasteiger partial charge in [0.15, 0.2) is 5.76 Å². The molecule has 4 heterocycles. The first-order chi connectivity index (χ1) is 16.6. The summed E-state index contributed by atoms with van der Waals surface area (Å²) in [6, 6.07) is 9.69. The molecule has 176 valence electrons. The second-order valence-electron chi connectivity index (χ2n) is 9.03. The summed E-state index contributed by atoms with van der Waals surface area (Å²) < 4.78 is 25.6. The third kappa shape index (κ3) is 3.56. The molecular formula is C27H28N2O5. The minimum Gasteiger partial charge on any atom is -0.497 e. The summed E-state index contributed by atoms with van der Waals surface area (Å²) in [4.78, 5) is 15.5. The maximum atomic E-state index is 13.3.